The van der Waals surface area contributed by atoms with E-state index in [-0.39, 0.29) is 0 Å². The topological polar surface area (TPSA) is 142 Å². The van der Waals surface area contributed by atoms with Crippen LogP contribution < -0.4 is 16.5 Å². The van der Waals surface area contributed by atoms with Gasteiger partial charge >= 0.3 is 18.1 Å². The molecule has 34 heavy (non-hydrogen) atoms. The van der Waals surface area contributed by atoms with Crippen LogP contribution in [0.25, 0.3) is 0 Å². The first kappa shape index (κ1) is 28.3. The summed E-state index contributed by atoms with van der Waals surface area (Å²) in [6.45, 7) is 2.56. The van der Waals surface area contributed by atoms with Crippen molar-refractivity contribution in [1.82, 2.24) is 0 Å². The number of carboxylic acid groups (broad SMARTS) is 2. The van der Waals surface area contributed by atoms with Crippen LogP contribution in [0.4, 0.5) is 24.5 Å². The maximum Gasteiger partial charge on any atom is 0.490 e. The van der Waals surface area contributed by atoms with E-state index in [9.17, 15) is 23.1 Å². The maximum atomic E-state index is 11.7. The minimum atomic E-state index is -5.08. The summed E-state index contributed by atoms with van der Waals surface area (Å²) in [6, 6.07) is 15.0. The molecule has 2 rings (SSSR count). The van der Waals surface area contributed by atoms with Gasteiger partial charge in [0.2, 0.25) is 0 Å². The molecule has 0 aliphatic carbocycles. The van der Waals surface area contributed by atoms with Crippen LogP contribution in [0.3, 0.4) is 0 Å². The number of unbranched alkanes of at least 4 members (excludes halogenated alkanes) is 1. The predicted molar refractivity (Wildman–Crippen MR) is 125 cm³/mol. The number of rotatable bonds is 10. The van der Waals surface area contributed by atoms with Crippen molar-refractivity contribution < 1.29 is 33.0 Å². The number of carbonyl (C=O) groups is 2. The Hall–Kier alpha value is -3.76. The Morgan fingerprint density at radius 2 is 1.74 bits per heavy atom. The Morgan fingerprint density at radius 1 is 1.12 bits per heavy atom. The number of halogens is 3. The first-order chi connectivity index (χ1) is 16.0. The zero-order valence-corrected chi connectivity index (χ0v) is 18.7. The third-order valence-electron chi connectivity index (χ3n) is 4.81. The van der Waals surface area contributed by atoms with Crippen LogP contribution in [0.15, 0.2) is 53.6 Å². The van der Waals surface area contributed by atoms with Crippen LogP contribution in [0.2, 0.25) is 0 Å². The summed E-state index contributed by atoms with van der Waals surface area (Å²) >= 11 is 0. The molecule has 2 aromatic carbocycles. The van der Waals surface area contributed by atoms with E-state index in [2.05, 4.69) is 5.10 Å². The first-order valence-corrected chi connectivity index (χ1v) is 10.5. The van der Waals surface area contributed by atoms with E-state index in [1.807, 2.05) is 60.4 Å². The molecular formula is C23H29F3N4O4. The van der Waals surface area contributed by atoms with Gasteiger partial charge in [-0.15, -0.1) is 0 Å². The van der Waals surface area contributed by atoms with E-state index in [0.29, 0.717) is 13.0 Å². The molecule has 0 aromatic heterocycles. The third-order valence-corrected chi connectivity index (χ3v) is 4.81. The average Bonchev–Trinajstić information content (AvgIpc) is 2.77. The largest absolute Gasteiger partial charge is 0.490 e. The van der Waals surface area contributed by atoms with Gasteiger partial charge in [-0.2, -0.15) is 18.3 Å². The van der Waals surface area contributed by atoms with Crippen LogP contribution in [0.1, 0.15) is 37.3 Å². The molecule has 1 unspecified atom stereocenters. The monoisotopic (exact) mass is 482 g/mol. The second-order valence-corrected chi connectivity index (χ2v) is 7.33. The predicted octanol–water partition coefficient (Wildman–Crippen LogP) is 3.89. The molecule has 0 radical (unpaired) electrons. The number of alkyl halides is 3. The van der Waals surface area contributed by atoms with Gasteiger partial charge in [-0.1, -0.05) is 31.2 Å². The van der Waals surface area contributed by atoms with Crippen molar-refractivity contribution in [3.05, 3.63) is 59.7 Å². The molecule has 0 amide bonds. The fraction of sp³-hybridized carbons (Fsp3) is 0.348. The van der Waals surface area contributed by atoms with Crippen LogP contribution in [-0.2, 0) is 16.0 Å². The number of hydrogen-bond acceptors (Lipinski definition) is 6. The summed E-state index contributed by atoms with van der Waals surface area (Å²) in [4.78, 5) is 22.6. The molecule has 0 saturated heterocycles. The molecule has 11 heteroatoms. The molecular weight excluding hydrogens is 453 g/mol. The first-order valence-electron chi connectivity index (χ1n) is 10.5. The summed E-state index contributed by atoms with van der Waals surface area (Å²) in [5.41, 5.74) is 9.44. The number of nitrogens with two attached hydrogens (primary N) is 2. The Bertz CT molecular complexity index is 950. The molecule has 0 bridgehead atoms. The molecule has 2 aromatic rings. The van der Waals surface area contributed by atoms with E-state index in [1.165, 1.54) is 5.56 Å². The van der Waals surface area contributed by atoms with Gasteiger partial charge in [0.05, 0.1) is 6.21 Å². The van der Waals surface area contributed by atoms with Gasteiger partial charge in [-0.05, 0) is 61.1 Å². The highest BCUT2D eigenvalue weighted by Crippen LogP contribution is 2.21. The number of carboxylic acids is 2. The van der Waals surface area contributed by atoms with Gasteiger partial charge in [-0.3, -0.25) is 0 Å². The lowest BCUT2D eigenvalue weighted by molar-refractivity contribution is -0.192. The smallest absolute Gasteiger partial charge is 0.480 e. The summed E-state index contributed by atoms with van der Waals surface area (Å²) < 4.78 is 31.7. The van der Waals surface area contributed by atoms with Crippen molar-refractivity contribution in [2.75, 3.05) is 17.2 Å². The third kappa shape index (κ3) is 9.80. The molecule has 0 aliphatic heterocycles. The van der Waals surface area contributed by atoms with Crippen LogP contribution in [-0.4, -0.2) is 47.1 Å². The number of hydrogen-bond donors (Lipinski definition) is 4. The van der Waals surface area contributed by atoms with Gasteiger partial charge in [-0.25, -0.2) is 9.59 Å². The van der Waals surface area contributed by atoms with Gasteiger partial charge in [0.1, 0.15) is 6.04 Å². The van der Waals surface area contributed by atoms with Crippen molar-refractivity contribution in [2.45, 2.75) is 44.8 Å². The van der Waals surface area contributed by atoms with E-state index in [0.717, 1.165) is 36.2 Å². The molecule has 0 aliphatic rings. The summed E-state index contributed by atoms with van der Waals surface area (Å²) in [7, 11) is 0. The molecule has 1 atom stereocenters. The number of aliphatic carboxylic acids is 2. The van der Waals surface area contributed by atoms with Crippen molar-refractivity contribution >= 4 is 29.5 Å². The fourth-order valence-electron chi connectivity index (χ4n) is 3.16. The number of nitrogen functional groups attached to an aromatic ring is 1. The standard InChI is InChI=1S/C21H28N4O2.C2HF3O2/c1-2-20(21(26)27)25(19-8-5-7-17(14-19)15-24-23)13-4-3-6-16-9-11-18(22)12-10-16;3-2(4,5)1(6)7/h5,7-12,14-15,20H,2-4,6,13,22-23H2,1H3,(H,26,27);(H,6,7). The Morgan fingerprint density at radius 3 is 2.24 bits per heavy atom. The Kier molecular flexibility index (Phi) is 11.4. The summed E-state index contributed by atoms with van der Waals surface area (Å²) in [5.74, 6) is 1.67. The van der Waals surface area contributed by atoms with Crippen molar-refractivity contribution in [2.24, 2.45) is 10.9 Å². The quantitative estimate of drug-likeness (QED) is 0.132. The summed E-state index contributed by atoms with van der Waals surface area (Å²) in [6.07, 6.45) is -0.186. The number of hydrazone groups is 1. The van der Waals surface area contributed by atoms with Gasteiger partial charge < -0.3 is 26.7 Å². The van der Waals surface area contributed by atoms with Crippen molar-refractivity contribution in [3.63, 3.8) is 0 Å². The van der Waals surface area contributed by atoms with E-state index < -0.39 is 24.2 Å². The van der Waals surface area contributed by atoms with E-state index in [1.54, 1.807) is 6.21 Å². The second-order valence-electron chi connectivity index (χ2n) is 7.33. The number of anilines is 2. The minimum Gasteiger partial charge on any atom is -0.480 e. The molecule has 8 nitrogen and oxygen atoms in total. The Balaban J connectivity index is 0.000000718. The molecule has 0 saturated carbocycles. The SMILES string of the molecule is CCC(C(=O)O)N(CCCCc1ccc(N)cc1)c1cccc(C=NN)c1.O=C(O)C(F)(F)F. The lowest BCUT2D eigenvalue weighted by Gasteiger charge is -2.30. The molecule has 0 spiro atoms. The van der Waals surface area contributed by atoms with Gasteiger partial charge in [0, 0.05) is 17.9 Å². The summed E-state index contributed by atoms with van der Waals surface area (Å²) in [5, 5.41) is 20.3. The Labute approximate surface area is 195 Å². The zero-order chi connectivity index (χ0) is 25.7. The highest BCUT2D eigenvalue weighted by Gasteiger charge is 2.38. The normalized spacial score (nSPS) is 12.0. The molecule has 186 valence electrons. The highest BCUT2D eigenvalue weighted by molar-refractivity contribution is 5.83. The average molecular weight is 483 g/mol. The number of nitrogens with zero attached hydrogens (tertiary/aromatic N) is 2. The molecule has 0 fully saturated rings. The van der Waals surface area contributed by atoms with E-state index >= 15 is 0 Å². The zero-order valence-electron chi connectivity index (χ0n) is 18.7. The van der Waals surface area contributed by atoms with Crippen molar-refractivity contribution in [1.29, 1.82) is 0 Å². The molecule has 6 N–H and O–H groups in total. The fourth-order valence-corrected chi connectivity index (χ4v) is 3.16. The van der Waals surface area contributed by atoms with E-state index in [4.69, 9.17) is 21.5 Å². The van der Waals surface area contributed by atoms with Gasteiger partial charge in [0.25, 0.3) is 0 Å². The number of aryl methyl sites for hydroxylation is 1. The minimum absolute atomic E-state index is 0.530. The lowest BCUT2D eigenvalue weighted by atomic mass is 10.1. The highest BCUT2D eigenvalue weighted by atomic mass is 19.4. The van der Waals surface area contributed by atoms with Crippen LogP contribution in [0, 0.1) is 0 Å². The maximum absolute atomic E-state index is 11.7. The van der Waals surface area contributed by atoms with Crippen molar-refractivity contribution in [3.8, 4) is 0 Å². The van der Waals surface area contributed by atoms with Crippen LogP contribution in [0.5, 0.6) is 0 Å². The number of benzene rings is 2. The second kappa shape index (κ2) is 13.7. The van der Waals surface area contributed by atoms with Crippen LogP contribution >= 0.6 is 0 Å². The lowest BCUT2D eigenvalue weighted by Crippen LogP contribution is -2.41. The molecule has 0 heterocycles. The van der Waals surface area contributed by atoms with Gasteiger partial charge in [0.15, 0.2) is 0 Å².